The van der Waals surface area contributed by atoms with Crippen molar-refractivity contribution in [3.8, 4) is 11.4 Å². The zero-order valence-electron chi connectivity index (χ0n) is 11.9. The molecule has 5 heteroatoms. The van der Waals surface area contributed by atoms with E-state index in [1.54, 1.807) is 4.68 Å². The molecule has 2 aromatic rings. The van der Waals surface area contributed by atoms with Gasteiger partial charge in [0, 0.05) is 39.0 Å². The molecule has 0 fully saturated rings. The van der Waals surface area contributed by atoms with Crippen molar-refractivity contribution in [2.45, 2.75) is 13.5 Å². The summed E-state index contributed by atoms with van der Waals surface area (Å²) < 4.78 is 7.15. The number of ether oxygens (including phenoxy) is 1. The predicted octanol–water partition coefficient (Wildman–Crippen LogP) is 2.08. The van der Waals surface area contributed by atoms with Gasteiger partial charge in [0.15, 0.2) is 11.6 Å². The highest BCUT2D eigenvalue weighted by atomic mass is 16.5. The van der Waals surface area contributed by atoms with Crippen molar-refractivity contribution >= 4 is 5.69 Å². The van der Waals surface area contributed by atoms with Crippen LogP contribution in [0.15, 0.2) is 24.3 Å². The number of benzene rings is 1. The number of nitrogens with zero attached hydrogens (tertiary/aromatic N) is 4. The van der Waals surface area contributed by atoms with E-state index in [0.29, 0.717) is 19.0 Å². The van der Waals surface area contributed by atoms with Crippen LogP contribution in [0.3, 0.4) is 0 Å². The first-order valence-corrected chi connectivity index (χ1v) is 6.38. The zero-order chi connectivity index (χ0) is 13.8. The summed E-state index contributed by atoms with van der Waals surface area (Å²) in [5.41, 5.74) is 2.20. The average Bonchev–Trinajstić information content (AvgIpc) is 2.77. The topological polar surface area (TPSA) is 43.2 Å². The van der Waals surface area contributed by atoms with Crippen LogP contribution in [-0.2, 0) is 18.4 Å². The number of aromatic nitrogens is 3. The first-order valence-electron chi connectivity index (χ1n) is 6.38. The van der Waals surface area contributed by atoms with Crippen LogP contribution < -0.4 is 4.90 Å². The number of hydrogen-bond donors (Lipinski definition) is 0. The largest absolute Gasteiger partial charge is 0.377 e. The Morgan fingerprint density at radius 1 is 1.26 bits per heavy atom. The van der Waals surface area contributed by atoms with E-state index in [4.69, 9.17) is 4.74 Å². The summed E-state index contributed by atoms with van der Waals surface area (Å²) in [6, 6.07) is 8.17. The van der Waals surface area contributed by atoms with E-state index < -0.39 is 0 Å². The van der Waals surface area contributed by atoms with E-state index in [-0.39, 0.29) is 0 Å². The van der Waals surface area contributed by atoms with E-state index in [1.165, 1.54) is 0 Å². The molecule has 1 heterocycles. The highest BCUT2D eigenvalue weighted by molar-refractivity contribution is 5.74. The summed E-state index contributed by atoms with van der Waals surface area (Å²) >= 11 is 0. The van der Waals surface area contributed by atoms with Gasteiger partial charge in [0.1, 0.15) is 6.61 Å². The number of hydrogen-bond acceptors (Lipinski definition) is 4. The van der Waals surface area contributed by atoms with E-state index in [1.807, 2.05) is 40.2 Å². The summed E-state index contributed by atoms with van der Waals surface area (Å²) in [4.78, 5) is 6.64. The molecule has 5 nitrogen and oxygen atoms in total. The smallest absolute Gasteiger partial charge is 0.176 e. The molecule has 0 aliphatic heterocycles. The van der Waals surface area contributed by atoms with Gasteiger partial charge in [-0.25, -0.2) is 9.67 Å². The Morgan fingerprint density at radius 2 is 2.00 bits per heavy atom. The van der Waals surface area contributed by atoms with Crippen LogP contribution in [0.5, 0.6) is 0 Å². The average molecular weight is 260 g/mol. The van der Waals surface area contributed by atoms with Crippen LogP contribution >= 0.6 is 0 Å². The standard InChI is InChI=1S/C14H20N4O/c1-5-19-10-13-15-14(18(4)16-13)11-8-6-7-9-12(11)17(2)3/h6-9H,5,10H2,1-4H3. The molecular formula is C14H20N4O. The molecular weight excluding hydrogens is 240 g/mol. The maximum Gasteiger partial charge on any atom is 0.176 e. The number of para-hydroxylation sites is 1. The van der Waals surface area contributed by atoms with Crippen molar-refractivity contribution in [1.29, 1.82) is 0 Å². The lowest BCUT2D eigenvalue weighted by molar-refractivity contribution is 0.128. The summed E-state index contributed by atoms with van der Waals surface area (Å²) in [7, 11) is 5.96. The minimum atomic E-state index is 0.453. The minimum absolute atomic E-state index is 0.453. The Kier molecular flexibility index (Phi) is 4.16. The van der Waals surface area contributed by atoms with E-state index >= 15 is 0 Å². The third-order valence-corrected chi connectivity index (χ3v) is 2.87. The van der Waals surface area contributed by atoms with Crippen molar-refractivity contribution < 1.29 is 4.74 Å². The third-order valence-electron chi connectivity index (χ3n) is 2.87. The lowest BCUT2D eigenvalue weighted by Crippen LogP contribution is -2.10. The normalized spacial score (nSPS) is 10.7. The SMILES string of the molecule is CCOCc1nc(-c2ccccc2N(C)C)n(C)n1. The Morgan fingerprint density at radius 3 is 2.68 bits per heavy atom. The molecule has 0 N–H and O–H groups in total. The van der Waals surface area contributed by atoms with Gasteiger partial charge in [0.2, 0.25) is 0 Å². The molecule has 19 heavy (non-hydrogen) atoms. The quantitative estimate of drug-likeness (QED) is 0.825. The highest BCUT2D eigenvalue weighted by Gasteiger charge is 2.13. The van der Waals surface area contributed by atoms with Crippen molar-refractivity contribution in [3.63, 3.8) is 0 Å². The number of aryl methyl sites for hydroxylation is 1. The second kappa shape index (κ2) is 5.84. The fraction of sp³-hybridized carbons (Fsp3) is 0.429. The maximum absolute atomic E-state index is 5.35. The van der Waals surface area contributed by atoms with Gasteiger partial charge < -0.3 is 9.64 Å². The Bertz CT molecular complexity index is 548. The maximum atomic E-state index is 5.35. The molecule has 0 aliphatic rings. The zero-order valence-corrected chi connectivity index (χ0v) is 11.9. The molecule has 0 amide bonds. The van der Waals surface area contributed by atoms with E-state index in [0.717, 1.165) is 17.1 Å². The van der Waals surface area contributed by atoms with Crippen LogP contribution in [-0.4, -0.2) is 35.5 Å². The Hall–Kier alpha value is -1.88. The van der Waals surface area contributed by atoms with Crippen molar-refractivity contribution in [2.75, 3.05) is 25.6 Å². The van der Waals surface area contributed by atoms with E-state index in [2.05, 4.69) is 27.1 Å². The molecule has 0 saturated heterocycles. The lowest BCUT2D eigenvalue weighted by Gasteiger charge is -2.16. The molecule has 2 rings (SSSR count). The molecule has 1 aromatic carbocycles. The fourth-order valence-electron chi connectivity index (χ4n) is 1.98. The van der Waals surface area contributed by atoms with Gasteiger partial charge >= 0.3 is 0 Å². The van der Waals surface area contributed by atoms with Crippen molar-refractivity contribution in [2.24, 2.45) is 7.05 Å². The molecule has 0 saturated carbocycles. The van der Waals surface area contributed by atoms with Crippen molar-refractivity contribution in [1.82, 2.24) is 14.8 Å². The van der Waals surface area contributed by atoms with Crippen LogP contribution in [0, 0.1) is 0 Å². The minimum Gasteiger partial charge on any atom is -0.377 e. The van der Waals surface area contributed by atoms with Gasteiger partial charge in [-0.15, -0.1) is 0 Å². The van der Waals surface area contributed by atoms with Crippen LogP contribution in [0.25, 0.3) is 11.4 Å². The monoisotopic (exact) mass is 260 g/mol. The van der Waals surface area contributed by atoms with Gasteiger partial charge in [0.25, 0.3) is 0 Å². The van der Waals surface area contributed by atoms with Crippen LogP contribution in [0.1, 0.15) is 12.7 Å². The van der Waals surface area contributed by atoms with Crippen LogP contribution in [0.4, 0.5) is 5.69 Å². The van der Waals surface area contributed by atoms with E-state index in [9.17, 15) is 0 Å². The summed E-state index contributed by atoms with van der Waals surface area (Å²) in [5, 5.41) is 4.39. The second-order valence-electron chi connectivity index (χ2n) is 4.52. The summed E-state index contributed by atoms with van der Waals surface area (Å²) in [5.74, 6) is 1.58. The Labute approximate surface area is 113 Å². The number of rotatable bonds is 5. The van der Waals surface area contributed by atoms with Gasteiger partial charge in [-0.05, 0) is 19.1 Å². The van der Waals surface area contributed by atoms with Gasteiger partial charge in [-0.2, -0.15) is 5.10 Å². The van der Waals surface area contributed by atoms with Crippen molar-refractivity contribution in [3.05, 3.63) is 30.1 Å². The Balaban J connectivity index is 2.39. The first kappa shape index (κ1) is 13.5. The molecule has 0 radical (unpaired) electrons. The molecule has 0 atom stereocenters. The van der Waals surface area contributed by atoms with Gasteiger partial charge in [-0.1, -0.05) is 12.1 Å². The highest BCUT2D eigenvalue weighted by Crippen LogP contribution is 2.27. The third kappa shape index (κ3) is 2.93. The second-order valence-corrected chi connectivity index (χ2v) is 4.52. The van der Waals surface area contributed by atoms with Gasteiger partial charge in [-0.3, -0.25) is 0 Å². The molecule has 102 valence electrons. The molecule has 0 aliphatic carbocycles. The first-order chi connectivity index (χ1) is 9.13. The fourth-order valence-corrected chi connectivity index (χ4v) is 1.98. The molecule has 0 bridgehead atoms. The lowest BCUT2D eigenvalue weighted by atomic mass is 10.1. The summed E-state index contributed by atoms with van der Waals surface area (Å²) in [6.07, 6.45) is 0. The molecule has 1 aromatic heterocycles. The van der Waals surface area contributed by atoms with Crippen LogP contribution in [0.2, 0.25) is 0 Å². The summed E-state index contributed by atoms with van der Waals surface area (Å²) in [6.45, 7) is 3.08. The number of anilines is 1. The predicted molar refractivity (Wildman–Crippen MR) is 76.1 cm³/mol. The van der Waals surface area contributed by atoms with Gasteiger partial charge in [0.05, 0.1) is 0 Å². The molecule has 0 spiro atoms. The molecule has 0 unspecified atom stereocenters.